The molecule has 0 amide bonds. The van der Waals surface area contributed by atoms with Gasteiger partial charge in [-0.25, -0.2) is 13.8 Å². The lowest BCUT2D eigenvalue weighted by atomic mass is 10.0. The molecule has 4 nitrogen and oxygen atoms in total. The number of nitrogens with zero attached hydrogens (tertiary/aromatic N) is 1. The molecule has 0 saturated carbocycles. The van der Waals surface area contributed by atoms with E-state index in [0.717, 1.165) is 39.5 Å². The first kappa shape index (κ1) is 18.1. The van der Waals surface area contributed by atoms with Gasteiger partial charge in [-0.3, -0.25) is 0 Å². The molecule has 0 atom stereocenters. The highest BCUT2D eigenvalue weighted by atomic mass is 19.1. The lowest BCUT2D eigenvalue weighted by molar-refractivity contribution is 0.415. The average Bonchev–Trinajstić information content (AvgIpc) is 3.38. The van der Waals surface area contributed by atoms with Crippen LogP contribution < -0.4 is 4.74 Å². The summed E-state index contributed by atoms with van der Waals surface area (Å²) in [4.78, 5) is 11.2. The fourth-order valence-corrected chi connectivity index (χ4v) is 3.61. The smallest absolute Gasteiger partial charge is 0.141 e. The molecule has 30 heavy (non-hydrogen) atoms. The number of benzene rings is 3. The SMILES string of the molecule is COc1ccc(-c2nc(-c3ccc(F)cc3F)[nH]c2-c2c[nH]c3ccccc23)cc1. The molecule has 0 saturated heterocycles. The van der Waals surface area contributed by atoms with Gasteiger partial charge < -0.3 is 14.7 Å². The van der Waals surface area contributed by atoms with E-state index < -0.39 is 11.6 Å². The van der Waals surface area contributed by atoms with Crippen LogP contribution in [0.1, 0.15) is 0 Å². The fraction of sp³-hybridized carbons (Fsp3) is 0.0417. The first-order valence-electron chi connectivity index (χ1n) is 9.40. The summed E-state index contributed by atoms with van der Waals surface area (Å²) >= 11 is 0. The van der Waals surface area contributed by atoms with Gasteiger partial charge in [0.25, 0.3) is 0 Å². The Hall–Kier alpha value is -3.93. The summed E-state index contributed by atoms with van der Waals surface area (Å²) in [6, 6.07) is 18.9. The van der Waals surface area contributed by atoms with Crippen LogP contribution in [0.3, 0.4) is 0 Å². The second-order valence-electron chi connectivity index (χ2n) is 6.91. The molecule has 6 heteroatoms. The molecular weight excluding hydrogens is 384 g/mol. The van der Waals surface area contributed by atoms with Gasteiger partial charge in [0.15, 0.2) is 0 Å². The molecule has 0 bridgehead atoms. The zero-order chi connectivity index (χ0) is 20.7. The predicted molar refractivity (Wildman–Crippen MR) is 113 cm³/mol. The van der Waals surface area contributed by atoms with E-state index in [4.69, 9.17) is 4.74 Å². The molecule has 2 heterocycles. The highest BCUT2D eigenvalue weighted by Crippen LogP contribution is 2.37. The van der Waals surface area contributed by atoms with E-state index in [1.54, 1.807) is 7.11 Å². The second-order valence-corrected chi connectivity index (χ2v) is 6.91. The largest absolute Gasteiger partial charge is 0.497 e. The van der Waals surface area contributed by atoms with E-state index in [-0.39, 0.29) is 5.56 Å². The normalized spacial score (nSPS) is 11.2. The van der Waals surface area contributed by atoms with Crippen LogP contribution in [0.25, 0.3) is 44.8 Å². The molecule has 148 valence electrons. The Labute approximate surface area is 171 Å². The number of para-hydroxylation sites is 1. The molecule has 0 aliphatic rings. The van der Waals surface area contributed by atoms with Crippen molar-refractivity contribution in [1.29, 1.82) is 0 Å². The van der Waals surface area contributed by atoms with E-state index in [0.29, 0.717) is 11.5 Å². The lowest BCUT2D eigenvalue weighted by Gasteiger charge is -2.04. The monoisotopic (exact) mass is 401 g/mol. The predicted octanol–water partition coefficient (Wildman–Crippen LogP) is 6.18. The summed E-state index contributed by atoms with van der Waals surface area (Å²) in [6.07, 6.45) is 1.90. The molecule has 0 unspecified atom stereocenters. The molecule has 0 aliphatic heterocycles. The van der Waals surface area contributed by atoms with Crippen LogP contribution in [-0.2, 0) is 0 Å². The molecular formula is C24H17F2N3O. The number of aromatic nitrogens is 3. The number of halogens is 2. The van der Waals surface area contributed by atoms with E-state index in [1.807, 2.05) is 54.7 Å². The maximum atomic E-state index is 14.5. The minimum absolute atomic E-state index is 0.206. The van der Waals surface area contributed by atoms with Crippen LogP contribution in [-0.4, -0.2) is 22.1 Å². The standard InChI is InChI=1S/C24H17F2N3O/c1-30-16-9-6-14(7-10-16)22-23(19-13-27-21-5-3-2-4-17(19)21)29-24(28-22)18-11-8-15(25)12-20(18)26/h2-13,27H,1H3,(H,28,29). The van der Waals surface area contributed by atoms with Gasteiger partial charge in [-0.15, -0.1) is 0 Å². The van der Waals surface area contributed by atoms with Crippen LogP contribution in [0.2, 0.25) is 0 Å². The van der Waals surface area contributed by atoms with Crippen molar-refractivity contribution in [3.63, 3.8) is 0 Å². The number of aromatic amines is 2. The Morgan fingerprint density at radius 1 is 0.900 bits per heavy atom. The van der Waals surface area contributed by atoms with Crippen molar-refractivity contribution >= 4 is 10.9 Å². The number of ether oxygens (including phenoxy) is 1. The number of methoxy groups -OCH3 is 1. The second kappa shape index (κ2) is 7.15. The minimum Gasteiger partial charge on any atom is -0.497 e. The molecule has 2 N–H and O–H groups in total. The molecule has 0 spiro atoms. The van der Waals surface area contributed by atoms with E-state index in [2.05, 4.69) is 15.0 Å². The average molecular weight is 401 g/mol. The van der Waals surface area contributed by atoms with Crippen LogP contribution in [0, 0.1) is 11.6 Å². The Morgan fingerprint density at radius 3 is 2.47 bits per heavy atom. The molecule has 0 aliphatic carbocycles. The third-order valence-electron chi connectivity index (χ3n) is 5.11. The van der Waals surface area contributed by atoms with Crippen LogP contribution in [0.4, 0.5) is 8.78 Å². The summed E-state index contributed by atoms with van der Waals surface area (Å²) in [5.41, 5.74) is 4.37. The highest BCUT2D eigenvalue weighted by molar-refractivity contribution is 5.98. The zero-order valence-electron chi connectivity index (χ0n) is 16.0. The number of hydrogen-bond acceptors (Lipinski definition) is 2. The van der Waals surface area contributed by atoms with Crippen molar-refractivity contribution in [3.8, 4) is 39.7 Å². The topological polar surface area (TPSA) is 53.7 Å². The Morgan fingerprint density at radius 2 is 1.70 bits per heavy atom. The first-order valence-corrected chi connectivity index (χ1v) is 9.40. The zero-order valence-corrected chi connectivity index (χ0v) is 16.0. The van der Waals surface area contributed by atoms with Crippen molar-refractivity contribution in [2.24, 2.45) is 0 Å². The van der Waals surface area contributed by atoms with Crippen molar-refractivity contribution < 1.29 is 13.5 Å². The summed E-state index contributed by atoms with van der Waals surface area (Å²) in [6.45, 7) is 0. The van der Waals surface area contributed by atoms with Crippen molar-refractivity contribution in [3.05, 3.63) is 84.6 Å². The number of hydrogen-bond donors (Lipinski definition) is 2. The number of H-pyrrole nitrogens is 2. The van der Waals surface area contributed by atoms with Crippen LogP contribution in [0.15, 0.2) is 72.9 Å². The number of fused-ring (bicyclic) bond motifs is 1. The van der Waals surface area contributed by atoms with Gasteiger partial charge in [0.2, 0.25) is 0 Å². The Kier molecular flexibility index (Phi) is 4.32. The third kappa shape index (κ3) is 3.03. The lowest BCUT2D eigenvalue weighted by Crippen LogP contribution is -1.88. The third-order valence-corrected chi connectivity index (χ3v) is 5.11. The molecule has 5 aromatic rings. The molecule has 0 fully saturated rings. The summed E-state index contributed by atoms with van der Waals surface area (Å²) in [5.74, 6) is -0.239. The van der Waals surface area contributed by atoms with Crippen LogP contribution in [0.5, 0.6) is 5.75 Å². The first-order chi connectivity index (χ1) is 14.6. The summed E-state index contributed by atoms with van der Waals surface area (Å²) in [5, 5.41) is 1.02. The van der Waals surface area contributed by atoms with Gasteiger partial charge in [0.1, 0.15) is 23.2 Å². The maximum absolute atomic E-state index is 14.5. The van der Waals surface area contributed by atoms with E-state index in [9.17, 15) is 8.78 Å². The van der Waals surface area contributed by atoms with E-state index >= 15 is 0 Å². The molecule has 0 radical (unpaired) electrons. The fourth-order valence-electron chi connectivity index (χ4n) is 3.61. The number of rotatable bonds is 4. The minimum atomic E-state index is -0.671. The summed E-state index contributed by atoms with van der Waals surface area (Å²) < 4.78 is 33.1. The van der Waals surface area contributed by atoms with Crippen molar-refractivity contribution in [2.45, 2.75) is 0 Å². The molecule has 3 aromatic carbocycles. The quantitative estimate of drug-likeness (QED) is 0.378. The Balaban J connectivity index is 1.74. The Bertz CT molecular complexity index is 1350. The van der Waals surface area contributed by atoms with E-state index in [1.165, 1.54) is 12.1 Å². The van der Waals surface area contributed by atoms with Gasteiger partial charge in [0.05, 0.1) is 24.1 Å². The highest BCUT2D eigenvalue weighted by Gasteiger charge is 2.19. The molecule has 5 rings (SSSR count). The van der Waals surface area contributed by atoms with Gasteiger partial charge in [-0.05, 0) is 42.5 Å². The van der Waals surface area contributed by atoms with Gasteiger partial charge in [-0.1, -0.05) is 18.2 Å². The molecule has 2 aromatic heterocycles. The maximum Gasteiger partial charge on any atom is 0.141 e. The number of nitrogens with one attached hydrogen (secondary N) is 2. The van der Waals surface area contributed by atoms with Gasteiger partial charge in [-0.2, -0.15) is 0 Å². The summed E-state index contributed by atoms with van der Waals surface area (Å²) in [7, 11) is 1.61. The van der Waals surface area contributed by atoms with Crippen molar-refractivity contribution in [2.75, 3.05) is 7.11 Å². The van der Waals surface area contributed by atoms with Gasteiger partial charge >= 0.3 is 0 Å². The van der Waals surface area contributed by atoms with Crippen LogP contribution >= 0.6 is 0 Å². The van der Waals surface area contributed by atoms with Gasteiger partial charge in [0, 0.05) is 34.3 Å². The number of imidazole rings is 1. The van der Waals surface area contributed by atoms with Crippen molar-refractivity contribution in [1.82, 2.24) is 15.0 Å².